The number of carbonyl (C=O) groups excluding carboxylic acids is 1. The van der Waals surface area contributed by atoms with E-state index < -0.39 is 12.7 Å². The zero-order valence-electron chi connectivity index (χ0n) is 17.0. The van der Waals surface area contributed by atoms with Crippen molar-refractivity contribution in [2.75, 3.05) is 53.4 Å². The smallest absolute Gasteiger partial charge is 0.356 e. The van der Waals surface area contributed by atoms with Crippen LogP contribution in [0.25, 0.3) is 0 Å². The fourth-order valence-corrected chi connectivity index (χ4v) is 3.33. The maximum Gasteiger partial charge on any atom is 0.401 e. The molecule has 2 N–H and O–H groups in total. The minimum atomic E-state index is -4.20. The lowest BCUT2D eigenvalue weighted by Crippen LogP contribution is -2.44. The largest absolute Gasteiger partial charge is 0.401 e. The maximum atomic E-state index is 12.3. The first-order valence-electron chi connectivity index (χ1n) is 9.78. The van der Waals surface area contributed by atoms with Crippen molar-refractivity contribution in [3.63, 3.8) is 0 Å². The summed E-state index contributed by atoms with van der Waals surface area (Å²) in [6, 6.07) is 10.1. The Morgan fingerprint density at radius 1 is 1.28 bits per heavy atom. The molecule has 2 rings (SSSR count). The number of hydrogen-bond donors (Lipinski definition) is 2. The molecule has 0 aliphatic carbocycles. The summed E-state index contributed by atoms with van der Waals surface area (Å²) in [6.07, 6.45) is -2.87. The number of halogens is 3. The number of likely N-dealkylation sites (tertiary alicyclic amines) is 1. The second kappa shape index (κ2) is 11.0. The Morgan fingerprint density at radius 3 is 2.66 bits per heavy atom. The molecule has 1 atom stereocenters. The predicted molar refractivity (Wildman–Crippen MR) is 108 cm³/mol. The van der Waals surface area contributed by atoms with Crippen LogP contribution in [0.5, 0.6) is 0 Å². The van der Waals surface area contributed by atoms with E-state index in [0.717, 1.165) is 6.42 Å². The van der Waals surface area contributed by atoms with E-state index in [1.165, 1.54) is 17.5 Å². The number of nitrogens with one attached hydrogen (secondary N) is 2. The van der Waals surface area contributed by atoms with Gasteiger partial charge < -0.3 is 15.5 Å². The molecule has 0 radical (unpaired) electrons. The zero-order chi connectivity index (χ0) is 21.3. The average Bonchev–Trinajstić information content (AvgIpc) is 3.02. The van der Waals surface area contributed by atoms with Crippen LogP contribution in [0.3, 0.4) is 0 Å². The van der Waals surface area contributed by atoms with Gasteiger partial charge in [-0.15, -0.1) is 0 Å². The summed E-state index contributed by atoms with van der Waals surface area (Å²) in [6.45, 7) is 1.64. The van der Waals surface area contributed by atoms with Gasteiger partial charge in [0.1, 0.15) is 0 Å². The second-order valence-electron chi connectivity index (χ2n) is 7.38. The second-order valence-corrected chi connectivity index (χ2v) is 7.38. The number of rotatable bonds is 9. The molecule has 0 spiro atoms. The molecule has 1 amide bonds. The number of hydrogen-bond acceptors (Lipinski definition) is 3. The van der Waals surface area contributed by atoms with Crippen molar-refractivity contribution >= 4 is 11.9 Å². The number of guanidine groups is 1. The van der Waals surface area contributed by atoms with Gasteiger partial charge in [-0.2, -0.15) is 13.2 Å². The Balaban J connectivity index is 1.67. The van der Waals surface area contributed by atoms with Gasteiger partial charge in [0, 0.05) is 52.1 Å². The Hall–Kier alpha value is -2.29. The molecule has 1 saturated heterocycles. The summed E-state index contributed by atoms with van der Waals surface area (Å²) < 4.78 is 37.0. The lowest BCUT2D eigenvalue weighted by Gasteiger charge is -2.20. The van der Waals surface area contributed by atoms with Crippen LogP contribution in [0, 0.1) is 5.92 Å². The molecule has 0 saturated carbocycles. The molecule has 1 aliphatic heterocycles. The minimum absolute atomic E-state index is 0.157. The molecule has 6 nitrogen and oxygen atoms in total. The number of amides is 1. The van der Waals surface area contributed by atoms with Gasteiger partial charge in [-0.3, -0.25) is 14.7 Å². The van der Waals surface area contributed by atoms with Gasteiger partial charge in [-0.05, 0) is 19.0 Å². The Labute approximate surface area is 170 Å². The Kier molecular flexibility index (Phi) is 8.75. The molecule has 1 unspecified atom stereocenters. The third-order valence-electron chi connectivity index (χ3n) is 4.82. The molecule has 1 aromatic carbocycles. The van der Waals surface area contributed by atoms with Crippen LogP contribution in [0.4, 0.5) is 13.2 Å². The van der Waals surface area contributed by atoms with Gasteiger partial charge in [0.15, 0.2) is 5.96 Å². The highest BCUT2D eigenvalue weighted by Crippen LogP contribution is 2.18. The topological polar surface area (TPSA) is 60.0 Å². The quantitative estimate of drug-likeness (QED) is 0.478. The van der Waals surface area contributed by atoms with Gasteiger partial charge >= 0.3 is 6.18 Å². The Morgan fingerprint density at radius 2 is 2.00 bits per heavy atom. The molecular weight excluding hydrogens is 383 g/mol. The summed E-state index contributed by atoms with van der Waals surface area (Å²) in [5.41, 5.74) is 1.21. The fourth-order valence-electron chi connectivity index (χ4n) is 3.33. The van der Waals surface area contributed by atoms with E-state index in [1.807, 2.05) is 23.1 Å². The highest BCUT2D eigenvalue weighted by atomic mass is 19.4. The first kappa shape index (κ1) is 23.0. The van der Waals surface area contributed by atoms with Crippen molar-refractivity contribution in [3.8, 4) is 0 Å². The molecule has 1 aromatic rings. The number of benzene rings is 1. The van der Waals surface area contributed by atoms with Crippen LogP contribution in [-0.4, -0.2) is 81.2 Å². The van der Waals surface area contributed by atoms with E-state index in [9.17, 15) is 18.0 Å². The van der Waals surface area contributed by atoms with Crippen molar-refractivity contribution in [2.24, 2.45) is 10.9 Å². The van der Waals surface area contributed by atoms with Crippen molar-refractivity contribution in [1.82, 2.24) is 20.4 Å². The number of aliphatic imine (C=N–C) groups is 1. The normalized spacial score (nSPS) is 17.9. The van der Waals surface area contributed by atoms with E-state index in [0.29, 0.717) is 38.6 Å². The number of nitrogens with zero attached hydrogens (tertiary/aromatic N) is 3. The first-order chi connectivity index (χ1) is 13.8. The summed E-state index contributed by atoms with van der Waals surface area (Å²) in [4.78, 5) is 19.4. The number of alkyl halides is 3. The van der Waals surface area contributed by atoms with Crippen molar-refractivity contribution < 1.29 is 18.0 Å². The third kappa shape index (κ3) is 8.72. The summed E-state index contributed by atoms with van der Waals surface area (Å²) >= 11 is 0. The Bertz CT molecular complexity index is 666. The molecule has 0 aromatic heterocycles. The maximum absolute atomic E-state index is 12.3. The van der Waals surface area contributed by atoms with Crippen LogP contribution in [0.15, 0.2) is 35.3 Å². The molecule has 1 fully saturated rings. The number of likely N-dealkylation sites (N-methyl/N-ethyl adjacent to an activating group) is 1. The summed E-state index contributed by atoms with van der Waals surface area (Å²) in [5.74, 6) is 0.870. The van der Waals surface area contributed by atoms with E-state index >= 15 is 0 Å². The van der Waals surface area contributed by atoms with Crippen molar-refractivity contribution in [3.05, 3.63) is 35.9 Å². The van der Waals surface area contributed by atoms with Crippen molar-refractivity contribution in [1.29, 1.82) is 0 Å². The van der Waals surface area contributed by atoms with Gasteiger partial charge in [0.25, 0.3) is 0 Å². The van der Waals surface area contributed by atoms with E-state index in [1.54, 1.807) is 7.05 Å². The van der Waals surface area contributed by atoms with Crippen LogP contribution < -0.4 is 10.6 Å². The van der Waals surface area contributed by atoms with Gasteiger partial charge in [-0.25, -0.2) is 0 Å². The molecule has 29 heavy (non-hydrogen) atoms. The number of carbonyl (C=O) groups is 1. The van der Waals surface area contributed by atoms with Gasteiger partial charge in [-0.1, -0.05) is 30.3 Å². The van der Waals surface area contributed by atoms with Crippen LogP contribution >= 0.6 is 0 Å². The van der Waals surface area contributed by atoms with Gasteiger partial charge in [0.2, 0.25) is 5.91 Å². The molecular formula is C20H30F3N5O. The highest BCUT2D eigenvalue weighted by molar-refractivity contribution is 5.80. The fraction of sp³-hybridized carbons (Fsp3) is 0.600. The average molecular weight is 413 g/mol. The summed E-state index contributed by atoms with van der Waals surface area (Å²) in [5, 5.41) is 6.18. The van der Waals surface area contributed by atoms with Crippen LogP contribution in [0.2, 0.25) is 0 Å². The summed E-state index contributed by atoms with van der Waals surface area (Å²) in [7, 11) is 3.04. The molecule has 1 aliphatic rings. The highest BCUT2D eigenvalue weighted by Gasteiger charge is 2.30. The lowest BCUT2D eigenvalue weighted by atomic mass is 10.1. The van der Waals surface area contributed by atoms with Gasteiger partial charge in [0.05, 0.1) is 6.54 Å². The zero-order valence-corrected chi connectivity index (χ0v) is 17.0. The van der Waals surface area contributed by atoms with E-state index in [-0.39, 0.29) is 18.4 Å². The standard InChI is InChI=1S/C20H30F3N5O/c1-24-19(25-9-11-27(2)15-20(21,22)23)26-13-17-12-18(29)28(14-17)10-8-16-6-4-3-5-7-16/h3-7,17H,8-15H2,1-2H3,(H2,24,25,26). The van der Waals surface area contributed by atoms with E-state index in [2.05, 4.69) is 27.8 Å². The predicted octanol–water partition coefficient (Wildman–Crippen LogP) is 1.74. The monoisotopic (exact) mass is 413 g/mol. The molecule has 1 heterocycles. The lowest BCUT2D eigenvalue weighted by molar-refractivity contribution is -0.142. The molecule has 0 bridgehead atoms. The van der Waals surface area contributed by atoms with Crippen LogP contribution in [-0.2, 0) is 11.2 Å². The minimum Gasteiger partial charge on any atom is -0.356 e. The molecule has 162 valence electrons. The third-order valence-corrected chi connectivity index (χ3v) is 4.82. The van der Waals surface area contributed by atoms with E-state index in [4.69, 9.17) is 0 Å². The van der Waals surface area contributed by atoms with Crippen LogP contribution in [0.1, 0.15) is 12.0 Å². The first-order valence-corrected chi connectivity index (χ1v) is 9.78. The van der Waals surface area contributed by atoms with Crippen molar-refractivity contribution in [2.45, 2.75) is 19.0 Å². The molecule has 9 heteroatoms. The SMILES string of the molecule is CN=C(NCCN(C)CC(F)(F)F)NCC1CC(=O)N(CCc2ccccc2)C1.